The van der Waals surface area contributed by atoms with Gasteiger partial charge in [-0.2, -0.15) is 0 Å². The van der Waals surface area contributed by atoms with Crippen LogP contribution in [0.15, 0.2) is 18.3 Å². The van der Waals surface area contributed by atoms with Gasteiger partial charge in [-0.1, -0.05) is 0 Å². The van der Waals surface area contributed by atoms with Crippen LogP contribution in [-0.2, 0) is 11.3 Å². The van der Waals surface area contributed by atoms with Crippen molar-refractivity contribution in [3.63, 3.8) is 0 Å². The van der Waals surface area contributed by atoms with Gasteiger partial charge < -0.3 is 5.32 Å². The van der Waals surface area contributed by atoms with Gasteiger partial charge in [0.05, 0.1) is 12.2 Å². The monoisotopic (exact) mass is 261 g/mol. The van der Waals surface area contributed by atoms with Crippen molar-refractivity contribution in [2.45, 2.75) is 52.2 Å². The molecule has 0 radical (unpaired) electrons. The zero-order valence-corrected chi connectivity index (χ0v) is 12.0. The molecule has 1 aliphatic rings. The normalized spacial score (nSPS) is 19.9. The SMILES string of the molecule is CC(=O)NCc1cc([C@@H]2CCCN2C(C)C)ccn1. The van der Waals surface area contributed by atoms with Crippen molar-refractivity contribution in [1.29, 1.82) is 0 Å². The molecule has 0 unspecified atom stereocenters. The third kappa shape index (κ3) is 3.53. The largest absolute Gasteiger partial charge is 0.351 e. The number of hydrogen-bond acceptors (Lipinski definition) is 3. The topological polar surface area (TPSA) is 45.2 Å². The van der Waals surface area contributed by atoms with Crippen molar-refractivity contribution in [2.75, 3.05) is 6.54 Å². The van der Waals surface area contributed by atoms with E-state index in [1.165, 1.54) is 31.9 Å². The number of amides is 1. The highest BCUT2D eigenvalue weighted by Gasteiger charge is 2.27. The van der Waals surface area contributed by atoms with Crippen LogP contribution in [0.25, 0.3) is 0 Å². The Morgan fingerprint density at radius 2 is 2.37 bits per heavy atom. The molecule has 1 fully saturated rings. The van der Waals surface area contributed by atoms with E-state index in [-0.39, 0.29) is 5.91 Å². The van der Waals surface area contributed by atoms with E-state index in [0.717, 1.165) is 5.69 Å². The minimum Gasteiger partial charge on any atom is -0.351 e. The van der Waals surface area contributed by atoms with Gasteiger partial charge in [-0.15, -0.1) is 0 Å². The van der Waals surface area contributed by atoms with Gasteiger partial charge in [0.25, 0.3) is 0 Å². The van der Waals surface area contributed by atoms with E-state index in [1.807, 2.05) is 6.20 Å². The summed E-state index contributed by atoms with van der Waals surface area (Å²) in [5.41, 5.74) is 2.25. The Balaban J connectivity index is 2.11. The van der Waals surface area contributed by atoms with Crippen molar-refractivity contribution in [1.82, 2.24) is 15.2 Å². The van der Waals surface area contributed by atoms with Gasteiger partial charge in [0, 0.05) is 25.2 Å². The molecule has 19 heavy (non-hydrogen) atoms. The number of likely N-dealkylation sites (tertiary alicyclic amines) is 1. The first kappa shape index (κ1) is 14.0. The molecule has 104 valence electrons. The minimum absolute atomic E-state index is 0.0168. The molecule has 1 atom stereocenters. The molecule has 1 saturated heterocycles. The molecule has 0 aromatic carbocycles. The maximum absolute atomic E-state index is 11.0. The maximum atomic E-state index is 11.0. The molecule has 1 aromatic rings. The highest BCUT2D eigenvalue weighted by atomic mass is 16.1. The standard InChI is InChI=1S/C15H23N3O/c1-11(2)18-8-4-5-15(18)13-6-7-16-14(9-13)10-17-12(3)19/h6-7,9,11,15H,4-5,8,10H2,1-3H3,(H,17,19)/t15-/m0/s1. The quantitative estimate of drug-likeness (QED) is 0.904. The lowest BCUT2D eigenvalue weighted by Crippen LogP contribution is -2.30. The predicted molar refractivity (Wildman–Crippen MR) is 75.6 cm³/mol. The second kappa shape index (κ2) is 6.15. The van der Waals surface area contributed by atoms with Crippen LogP contribution in [0, 0.1) is 0 Å². The molecule has 1 aliphatic heterocycles. The Hall–Kier alpha value is -1.42. The molecule has 0 saturated carbocycles. The van der Waals surface area contributed by atoms with Gasteiger partial charge in [0.15, 0.2) is 0 Å². The number of rotatable bonds is 4. The van der Waals surface area contributed by atoms with Crippen LogP contribution < -0.4 is 5.32 Å². The summed E-state index contributed by atoms with van der Waals surface area (Å²) in [7, 11) is 0. The molecule has 1 aromatic heterocycles. The molecule has 1 amide bonds. The summed E-state index contributed by atoms with van der Waals surface area (Å²) in [6, 6.07) is 5.29. The lowest BCUT2D eigenvalue weighted by molar-refractivity contribution is -0.119. The van der Waals surface area contributed by atoms with Crippen molar-refractivity contribution < 1.29 is 4.79 Å². The van der Waals surface area contributed by atoms with E-state index in [4.69, 9.17) is 0 Å². The molecular formula is C15H23N3O. The van der Waals surface area contributed by atoms with Gasteiger partial charge in [-0.3, -0.25) is 14.7 Å². The van der Waals surface area contributed by atoms with Crippen molar-refractivity contribution >= 4 is 5.91 Å². The van der Waals surface area contributed by atoms with Gasteiger partial charge >= 0.3 is 0 Å². The predicted octanol–water partition coefficient (Wildman–Crippen LogP) is 2.26. The van der Waals surface area contributed by atoms with Crippen LogP contribution in [0.5, 0.6) is 0 Å². The number of nitrogens with zero attached hydrogens (tertiary/aromatic N) is 2. The third-order valence-corrected chi connectivity index (χ3v) is 3.70. The fraction of sp³-hybridized carbons (Fsp3) is 0.600. The molecule has 0 spiro atoms. The number of carbonyl (C=O) groups excluding carboxylic acids is 1. The van der Waals surface area contributed by atoms with Gasteiger partial charge in [0.2, 0.25) is 5.91 Å². The van der Waals surface area contributed by atoms with Crippen LogP contribution in [0.3, 0.4) is 0 Å². The first-order valence-corrected chi connectivity index (χ1v) is 7.03. The van der Waals surface area contributed by atoms with Crippen molar-refractivity contribution in [3.8, 4) is 0 Å². The maximum Gasteiger partial charge on any atom is 0.217 e. The lowest BCUT2D eigenvalue weighted by Gasteiger charge is -2.28. The fourth-order valence-electron chi connectivity index (χ4n) is 2.78. The van der Waals surface area contributed by atoms with Crippen LogP contribution in [-0.4, -0.2) is 28.4 Å². The second-order valence-corrected chi connectivity index (χ2v) is 5.48. The highest BCUT2D eigenvalue weighted by Crippen LogP contribution is 2.33. The lowest BCUT2D eigenvalue weighted by atomic mass is 10.0. The summed E-state index contributed by atoms with van der Waals surface area (Å²) in [5.74, 6) is -0.0168. The Morgan fingerprint density at radius 1 is 1.58 bits per heavy atom. The van der Waals surface area contributed by atoms with E-state index in [9.17, 15) is 4.79 Å². The van der Waals surface area contributed by atoms with E-state index >= 15 is 0 Å². The summed E-state index contributed by atoms with van der Waals surface area (Å²) in [5, 5.41) is 2.80. The first-order valence-electron chi connectivity index (χ1n) is 7.03. The van der Waals surface area contributed by atoms with E-state index < -0.39 is 0 Å². The third-order valence-electron chi connectivity index (χ3n) is 3.70. The Morgan fingerprint density at radius 3 is 3.05 bits per heavy atom. The summed E-state index contributed by atoms with van der Waals surface area (Å²) in [6.45, 7) is 7.71. The van der Waals surface area contributed by atoms with Crippen molar-refractivity contribution in [3.05, 3.63) is 29.6 Å². The van der Waals surface area contributed by atoms with Gasteiger partial charge in [-0.25, -0.2) is 0 Å². The smallest absolute Gasteiger partial charge is 0.217 e. The van der Waals surface area contributed by atoms with E-state index in [0.29, 0.717) is 18.6 Å². The summed E-state index contributed by atoms with van der Waals surface area (Å²) >= 11 is 0. The Labute approximate surface area is 115 Å². The number of nitrogens with one attached hydrogen (secondary N) is 1. The molecule has 2 heterocycles. The van der Waals surface area contributed by atoms with E-state index in [2.05, 4.69) is 41.2 Å². The molecule has 4 nitrogen and oxygen atoms in total. The van der Waals surface area contributed by atoms with Gasteiger partial charge in [-0.05, 0) is 50.9 Å². The average molecular weight is 261 g/mol. The van der Waals surface area contributed by atoms with Crippen LogP contribution in [0.2, 0.25) is 0 Å². The fourth-order valence-corrected chi connectivity index (χ4v) is 2.78. The van der Waals surface area contributed by atoms with Crippen LogP contribution in [0.4, 0.5) is 0 Å². The van der Waals surface area contributed by atoms with E-state index in [1.54, 1.807) is 0 Å². The molecule has 4 heteroatoms. The Kier molecular flexibility index (Phi) is 4.53. The molecule has 2 rings (SSSR count). The second-order valence-electron chi connectivity index (χ2n) is 5.48. The zero-order valence-electron chi connectivity index (χ0n) is 12.0. The number of pyridine rings is 1. The number of carbonyl (C=O) groups is 1. The van der Waals surface area contributed by atoms with Crippen LogP contribution in [0.1, 0.15) is 50.9 Å². The molecule has 0 aliphatic carbocycles. The molecular weight excluding hydrogens is 238 g/mol. The van der Waals surface area contributed by atoms with Crippen LogP contribution >= 0.6 is 0 Å². The average Bonchev–Trinajstić information content (AvgIpc) is 2.86. The molecule has 1 N–H and O–H groups in total. The number of hydrogen-bond donors (Lipinski definition) is 1. The Bertz CT molecular complexity index is 445. The van der Waals surface area contributed by atoms with Crippen molar-refractivity contribution in [2.24, 2.45) is 0 Å². The minimum atomic E-state index is -0.0168. The summed E-state index contributed by atoms with van der Waals surface area (Å²) in [6.07, 6.45) is 4.32. The molecule has 0 bridgehead atoms. The summed E-state index contributed by atoms with van der Waals surface area (Å²) in [4.78, 5) is 17.8. The number of aromatic nitrogens is 1. The van der Waals surface area contributed by atoms with Gasteiger partial charge in [0.1, 0.15) is 0 Å². The highest BCUT2D eigenvalue weighted by molar-refractivity contribution is 5.72. The summed E-state index contributed by atoms with van der Waals surface area (Å²) < 4.78 is 0. The zero-order chi connectivity index (χ0) is 13.8. The first-order chi connectivity index (χ1) is 9.08.